The molecule has 1 aliphatic carbocycles. The first kappa shape index (κ1) is 14.6. The largest absolute Gasteiger partial charge is 0.313 e. The summed E-state index contributed by atoms with van der Waals surface area (Å²) in [5.41, 5.74) is 4.92. The van der Waals surface area contributed by atoms with Gasteiger partial charge in [-0.05, 0) is 68.1 Å². The summed E-state index contributed by atoms with van der Waals surface area (Å²) in [4.78, 5) is 0. The molecule has 0 heterocycles. The highest BCUT2D eigenvalue weighted by Crippen LogP contribution is 2.33. The van der Waals surface area contributed by atoms with Crippen molar-refractivity contribution in [3.63, 3.8) is 0 Å². The van der Waals surface area contributed by atoms with E-state index in [0.717, 1.165) is 6.04 Å². The van der Waals surface area contributed by atoms with Gasteiger partial charge in [0, 0.05) is 12.6 Å². The molecule has 0 saturated heterocycles. The number of nitrogens with one attached hydrogen (secondary N) is 1. The van der Waals surface area contributed by atoms with Crippen LogP contribution in [0.5, 0.6) is 0 Å². The predicted molar refractivity (Wildman–Crippen MR) is 83.7 cm³/mol. The van der Waals surface area contributed by atoms with Gasteiger partial charge in [-0.25, -0.2) is 0 Å². The maximum atomic E-state index is 3.76. The second kappa shape index (κ2) is 6.09. The second-order valence-corrected chi connectivity index (χ2v) is 6.41. The fourth-order valence-electron chi connectivity index (χ4n) is 2.96. The number of benzene rings is 1. The summed E-state index contributed by atoms with van der Waals surface area (Å²) in [7, 11) is 0. The first-order valence-electron chi connectivity index (χ1n) is 7.88. The van der Waals surface area contributed by atoms with Crippen LogP contribution in [0.3, 0.4) is 0 Å². The molecule has 0 spiro atoms. The van der Waals surface area contributed by atoms with Gasteiger partial charge >= 0.3 is 0 Å². The van der Waals surface area contributed by atoms with E-state index in [9.17, 15) is 0 Å². The van der Waals surface area contributed by atoms with Crippen LogP contribution in [-0.4, -0.2) is 12.6 Å². The van der Waals surface area contributed by atoms with Crippen molar-refractivity contribution < 1.29 is 0 Å². The SMILES string of the molecule is CCC(CC)(CNC1CC1)Cc1c(C)cccc1C. The van der Waals surface area contributed by atoms with Crippen LogP contribution in [0.4, 0.5) is 0 Å². The van der Waals surface area contributed by atoms with Crippen LogP contribution in [0.15, 0.2) is 18.2 Å². The Bertz CT molecular complexity index is 393. The van der Waals surface area contributed by atoms with Gasteiger partial charge in [0.2, 0.25) is 0 Å². The van der Waals surface area contributed by atoms with Crippen molar-refractivity contribution in [3.05, 3.63) is 34.9 Å². The van der Waals surface area contributed by atoms with Crippen LogP contribution in [0.2, 0.25) is 0 Å². The van der Waals surface area contributed by atoms with Gasteiger partial charge in [-0.1, -0.05) is 32.0 Å². The standard InChI is InChI=1S/C18H29N/c1-5-18(6-2,13-19-16-10-11-16)12-17-14(3)8-7-9-15(17)4/h7-9,16,19H,5-6,10-13H2,1-4H3. The summed E-state index contributed by atoms with van der Waals surface area (Å²) in [5.74, 6) is 0. The third kappa shape index (κ3) is 3.60. The Labute approximate surface area is 118 Å². The normalized spacial score (nSPS) is 15.8. The minimum absolute atomic E-state index is 0.430. The molecule has 0 aromatic heterocycles. The zero-order chi connectivity index (χ0) is 13.9. The second-order valence-electron chi connectivity index (χ2n) is 6.41. The lowest BCUT2D eigenvalue weighted by Crippen LogP contribution is -2.36. The molecule has 0 aliphatic heterocycles. The summed E-state index contributed by atoms with van der Waals surface area (Å²) in [6.07, 6.45) is 6.51. The van der Waals surface area contributed by atoms with E-state index < -0.39 is 0 Å². The van der Waals surface area contributed by atoms with Gasteiger partial charge in [0.05, 0.1) is 0 Å². The highest BCUT2D eigenvalue weighted by Gasteiger charge is 2.30. The van der Waals surface area contributed by atoms with Gasteiger partial charge < -0.3 is 5.32 Å². The third-order valence-corrected chi connectivity index (χ3v) is 5.04. The lowest BCUT2D eigenvalue weighted by atomic mass is 9.75. The van der Waals surface area contributed by atoms with Crippen molar-refractivity contribution in [2.24, 2.45) is 5.41 Å². The van der Waals surface area contributed by atoms with Crippen molar-refractivity contribution in [1.29, 1.82) is 0 Å². The molecule has 1 N–H and O–H groups in total. The van der Waals surface area contributed by atoms with E-state index >= 15 is 0 Å². The van der Waals surface area contributed by atoms with E-state index in [-0.39, 0.29) is 0 Å². The van der Waals surface area contributed by atoms with Crippen molar-refractivity contribution in [3.8, 4) is 0 Å². The average molecular weight is 259 g/mol. The maximum Gasteiger partial charge on any atom is 0.00684 e. The van der Waals surface area contributed by atoms with E-state index in [4.69, 9.17) is 0 Å². The van der Waals surface area contributed by atoms with E-state index in [1.54, 1.807) is 5.56 Å². The first-order chi connectivity index (χ1) is 9.10. The Morgan fingerprint density at radius 1 is 1.11 bits per heavy atom. The summed E-state index contributed by atoms with van der Waals surface area (Å²) >= 11 is 0. The molecule has 0 unspecified atom stereocenters. The topological polar surface area (TPSA) is 12.0 Å². The van der Waals surface area contributed by atoms with E-state index in [1.165, 1.54) is 49.8 Å². The van der Waals surface area contributed by atoms with E-state index in [2.05, 4.69) is 51.2 Å². The smallest absolute Gasteiger partial charge is 0.00684 e. The molecule has 1 nitrogen and oxygen atoms in total. The first-order valence-corrected chi connectivity index (χ1v) is 7.88. The minimum atomic E-state index is 0.430. The molecule has 1 saturated carbocycles. The number of aryl methyl sites for hydroxylation is 2. The van der Waals surface area contributed by atoms with Crippen molar-refractivity contribution in [1.82, 2.24) is 5.32 Å². The van der Waals surface area contributed by atoms with Crippen molar-refractivity contribution >= 4 is 0 Å². The molecule has 2 rings (SSSR count). The van der Waals surface area contributed by atoms with Crippen LogP contribution in [0.25, 0.3) is 0 Å². The minimum Gasteiger partial charge on any atom is -0.313 e. The van der Waals surface area contributed by atoms with E-state index in [0.29, 0.717) is 5.41 Å². The van der Waals surface area contributed by atoms with E-state index in [1.807, 2.05) is 0 Å². The molecule has 19 heavy (non-hydrogen) atoms. The maximum absolute atomic E-state index is 3.76. The van der Waals surface area contributed by atoms with Gasteiger partial charge in [0.15, 0.2) is 0 Å². The van der Waals surface area contributed by atoms with Crippen molar-refractivity contribution in [2.75, 3.05) is 6.54 Å². The zero-order valence-electron chi connectivity index (χ0n) is 13.1. The Hall–Kier alpha value is -0.820. The quantitative estimate of drug-likeness (QED) is 0.765. The lowest BCUT2D eigenvalue weighted by molar-refractivity contribution is 0.244. The molecule has 1 fully saturated rings. The molecule has 0 radical (unpaired) electrons. The van der Waals surface area contributed by atoms with Crippen LogP contribution in [0, 0.1) is 19.3 Å². The summed E-state index contributed by atoms with van der Waals surface area (Å²) in [6.45, 7) is 10.4. The van der Waals surface area contributed by atoms with Gasteiger partial charge in [-0.3, -0.25) is 0 Å². The van der Waals surface area contributed by atoms with Gasteiger partial charge in [0.1, 0.15) is 0 Å². The number of hydrogen-bond donors (Lipinski definition) is 1. The van der Waals surface area contributed by atoms with Crippen LogP contribution in [0.1, 0.15) is 56.2 Å². The summed E-state index contributed by atoms with van der Waals surface area (Å²) in [6, 6.07) is 7.51. The van der Waals surface area contributed by atoms with Gasteiger partial charge in [-0.15, -0.1) is 0 Å². The molecule has 1 heteroatoms. The fourth-order valence-corrected chi connectivity index (χ4v) is 2.96. The summed E-state index contributed by atoms with van der Waals surface area (Å²) < 4.78 is 0. The van der Waals surface area contributed by atoms with Crippen LogP contribution in [-0.2, 0) is 6.42 Å². The Balaban J connectivity index is 2.14. The Morgan fingerprint density at radius 2 is 1.68 bits per heavy atom. The fraction of sp³-hybridized carbons (Fsp3) is 0.667. The van der Waals surface area contributed by atoms with Crippen LogP contribution < -0.4 is 5.32 Å². The number of rotatable bonds is 7. The monoisotopic (exact) mass is 259 g/mol. The van der Waals surface area contributed by atoms with Gasteiger partial charge in [0.25, 0.3) is 0 Å². The summed E-state index contributed by atoms with van der Waals surface area (Å²) in [5, 5.41) is 3.76. The molecule has 1 aromatic carbocycles. The molecular weight excluding hydrogens is 230 g/mol. The molecule has 1 aliphatic rings. The lowest BCUT2D eigenvalue weighted by Gasteiger charge is -2.33. The number of hydrogen-bond acceptors (Lipinski definition) is 1. The highest BCUT2D eigenvalue weighted by atomic mass is 15.0. The van der Waals surface area contributed by atoms with Crippen LogP contribution >= 0.6 is 0 Å². The molecule has 106 valence electrons. The molecular formula is C18H29N. The van der Waals surface area contributed by atoms with Crippen molar-refractivity contribution in [2.45, 2.75) is 65.8 Å². The molecule has 0 bridgehead atoms. The highest BCUT2D eigenvalue weighted by molar-refractivity contribution is 5.34. The molecule has 0 amide bonds. The Kier molecular flexibility index (Phi) is 4.67. The Morgan fingerprint density at radius 3 is 2.16 bits per heavy atom. The zero-order valence-corrected chi connectivity index (χ0v) is 13.1. The predicted octanol–water partition coefficient (Wildman–Crippen LogP) is 4.40. The molecule has 0 atom stereocenters. The molecule has 1 aromatic rings. The average Bonchev–Trinajstić information content (AvgIpc) is 3.22. The third-order valence-electron chi connectivity index (χ3n) is 5.04. The van der Waals surface area contributed by atoms with Gasteiger partial charge in [-0.2, -0.15) is 0 Å².